The molecular weight excluding hydrogens is 288 g/mol. The third kappa shape index (κ3) is 3.02. The molecule has 1 amide bonds. The molecule has 1 unspecified atom stereocenters. The molecule has 2 heterocycles. The van der Waals surface area contributed by atoms with Crippen LogP contribution in [-0.2, 0) is 4.79 Å². The monoisotopic (exact) mass is 304 g/mol. The van der Waals surface area contributed by atoms with Crippen molar-refractivity contribution in [3.8, 4) is 0 Å². The zero-order valence-electron chi connectivity index (χ0n) is 11.9. The van der Waals surface area contributed by atoms with Crippen LogP contribution in [-0.4, -0.2) is 20.7 Å². The van der Waals surface area contributed by atoms with Crippen molar-refractivity contribution in [2.75, 3.05) is 5.32 Å². The van der Waals surface area contributed by atoms with E-state index in [1.807, 2.05) is 12.3 Å². The first kappa shape index (κ1) is 13.9. The Bertz CT molecular complexity index is 733. The van der Waals surface area contributed by atoms with E-state index in [0.717, 1.165) is 24.2 Å². The van der Waals surface area contributed by atoms with Crippen LogP contribution in [0.1, 0.15) is 43.1 Å². The Morgan fingerprint density at radius 1 is 1.48 bits per heavy atom. The van der Waals surface area contributed by atoms with Crippen molar-refractivity contribution in [3.05, 3.63) is 39.3 Å². The van der Waals surface area contributed by atoms with Crippen LogP contribution in [0.25, 0.3) is 0 Å². The minimum Gasteiger partial charge on any atom is -0.300 e. The number of rotatable bonds is 4. The lowest BCUT2D eigenvalue weighted by atomic mass is 10.2. The normalized spacial score (nSPS) is 15.7. The molecule has 1 aliphatic rings. The minimum absolute atomic E-state index is 0.266. The van der Waals surface area contributed by atoms with Gasteiger partial charge in [0.1, 0.15) is 6.04 Å². The maximum atomic E-state index is 12.2. The van der Waals surface area contributed by atoms with Crippen molar-refractivity contribution in [1.82, 2.24) is 14.8 Å². The second kappa shape index (κ2) is 5.40. The van der Waals surface area contributed by atoms with E-state index in [2.05, 4.69) is 15.4 Å². The number of nitrogens with zero attached hydrogens (tertiary/aromatic N) is 3. The van der Waals surface area contributed by atoms with E-state index in [4.69, 9.17) is 0 Å². The van der Waals surface area contributed by atoms with Gasteiger partial charge in [-0.3, -0.25) is 9.59 Å². The third-order valence-corrected chi connectivity index (χ3v) is 4.31. The van der Waals surface area contributed by atoms with Crippen LogP contribution in [0.4, 0.5) is 5.13 Å². The van der Waals surface area contributed by atoms with Crippen LogP contribution in [0.2, 0.25) is 0 Å². The lowest BCUT2D eigenvalue weighted by Crippen LogP contribution is -2.33. The Labute approximate surface area is 125 Å². The summed E-state index contributed by atoms with van der Waals surface area (Å²) < 4.78 is 1.25. The van der Waals surface area contributed by atoms with Crippen LogP contribution in [0.3, 0.4) is 0 Å². The summed E-state index contributed by atoms with van der Waals surface area (Å²) in [4.78, 5) is 28.3. The SMILES string of the molecule is Cc1csc(NC(=O)C(C)n2nc(C3CC3)ccc2=O)n1. The van der Waals surface area contributed by atoms with Crippen molar-refractivity contribution in [1.29, 1.82) is 0 Å². The van der Waals surface area contributed by atoms with Gasteiger partial charge in [-0.2, -0.15) is 5.10 Å². The lowest BCUT2D eigenvalue weighted by molar-refractivity contribution is -0.119. The van der Waals surface area contributed by atoms with Crippen LogP contribution in [0.15, 0.2) is 22.3 Å². The topological polar surface area (TPSA) is 76.9 Å². The zero-order chi connectivity index (χ0) is 15.0. The number of carbonyl (C=O) groups is 1. The molecule has 1 N–H and O–H groups in total. The van der Waals surface area contributed by atoms with Crippen molar-refractivity contribution < 1.29 is 4.79 Å². The van der Waals surface area contributed by atoms with Gasteiger partial charge in [-0.05, 0) is 32.8 Å². The Morgan fingerprint density at radius 3 is 2.86 bits per heavy atom. The van der Waals surface area contributed by atoms with Gasteiger partial charge in [-0.25, -0.2) is 9.67 Å². The molecule has 0 aromatic carbocycles. The fourth-order valence-corrected chi connectivity index (χ4v) is 2.74. The molecule has 110 valence electrons. The maximum absolute atomic E-state index is 12.2. The summed E-state index contributed by atoms with van der Waals surface area (Å²) in [6.07, 6.45) is 2.20. The minimum atomic E-state index is -0.666. The molecule has 0 aliphatic heterocycles. The molecule has 0 bridgehead atoms. The largest absolute Gasteiger partial charge is 0.300 e. The Hall–Kier alpha value is -2.02. The maximum Gasteiger partial charge on any atom is 0.267 e. The van der Waals surface area contributed by atoms with Gasteiger partial charge in [0, 0.05) is 17.4 Å². The molecule has 1 atom stereocenters. The third-order valence-electron chi connectivity index (χ3n) is 3.44. The summed E-state index contributed by atoms with van der Waals surface area (Å²) >= 11 is 1.36. The molecule has 1 saturated carbocycles. The number of hydrogen-bond acceptors (Lipinski definition) is 5. The number of hydrogen-bond donors (Lipinski definition) is 1. The van der Waals surface area contributed by atoms with E-state index < -0.39 is 6.04 Å². The predicted molar refractivity (Wildman–Crippen MR) is 80.7 cm³/mol. The van der Waals surface area contributed by atoms with Gasteiger partial charge in [-0.15, -0.1) is 11.3 Å². The first-order valence-corrected chi connectivity index (χ1v) is 7.75. The van der Waals surface area contributed by atoms with Crippen molar-refractivity contribution in [2.45, 2.75) is 38.6 Å². The molecule has 6 nitrogen and oxygen atoms in total. The Morgan fingerprint density at radius 2 is 2.24 bits per heavy atom. The van der Waals surface area contributed by atoms with E-state index >= 15 is 0 Å². The number of nitrogens with one attached hydrogen (secondary N) is 1. The van der Waals surface area contributed by atoms with Gasteiger partial charge < -0.3 is 5.32 Å². The van der Waals surface area contributed by atoms with Crippen LogP contribution < -0.4 is 10.9 Å². The standard InChI is InChI=1S/C14H16N4O2S/c1-8-7-21-14(15-8)16-13(20)9(2)18-12(19)6-5-11(17-18)10-3-4-10/h5-7,9-10H,3-4H2,1-2H3,(H,15,16,20). The van der Waals surface area contributed by atoms with E-state index in [0.29, 0.717) is 11.0 Å². The summed E-state index contributed by atoms with van der Waals surface area (Å²) in [7, 11) is 0. The van der Waals surface area contributed by atoms with E-state index in [1.165, 1.54) is 22.1 Å². The molecule has 2 aromatic heterocycles. The van der Waals surface area contributed by atoms with Crippen molar-refractivity contribution in [3.63, 3.8) is 0 Å². The van der Waals surface area contributed by atoms with Crippen LogP contribution in [0, 0.1) is 6.92 Å². The average Bonchev–Trinajstić information content (AvgIpc) is 3.22. The molecule has 0 radical (unpaired) electrons. The molecule has 1 fully saturated rings. The summed E-state index contributed by atoms with van der Waals surface area (Å²) in [5, 5.41) is 9.45. The number of aromatic nitrogens is 3. The van der Waals surface area contributed by atoms with E-state index in [1.54, 1.807) is 13.0 Å². The quantitative estimate of drug-likeness (QED) is 0.938. The predicted octanol–water partition coefficient (Wildman–Crippen LogP) is 2.09. The fourth-order valence-electron chi connectivity index (χ4n) is 2.05. The van der Waals surface area contributed by atoms with Crippen molar-refractivity contribution in [2.24, 2.45) is 0 Å². The van der Waals surface area contributed by atoms with Gasteiger partial charge in [0.2, 0.25) is 0 Å². The summed E-state index contributed by atoms with van der Waals surface area (Å²) in [6.45, 7) is 3.53. The summed E-state index contributed by atoms with van der Waals surface area (Å²) in [5.41, 5.74) is 1.48. The molecule has 7 heteroatoms. The number of carbonyl (C=O) groups excluding carboxylic acids is 1. The van der Waals surface area contributed by atoms with Gasteiger partial charge >= 0.3 is 0 Å². The highest BCUT2D eigenvalue weighted by molar-refractivity contribution is 7.13. The van der Waals surface area contributed by atoms with Crippen LogP contribution >= 0.6 is 11.3 Å². The molecule has 21 heavy (non-hydrogen) atoms. The highest BCUT2D eigenvalue weighted by Gasteiger charge is 2.27. The van der Waals surface area contributed by atoms with Gasteiger partial charge in [-0.1, -0.05) is 0 Å². The smallest absolute Gasteiger partial charge is 0.267 e. The highest BCUT2D eigenvalue weighted by Crippen LogP contribution is 2.38. The first-order valence-electron chi connectivity index (χ1n) is 6.87. The number of anilines is 1. The highest BCUT2D eigenvalue weighted by atomic mass is 32.1. The molecule has 0 saturated heterocycles. The van der Waals surface area contributed by atoms with E-state index in [-0.39, 0.29) is 11.5 Å². The average molecular weight is 304 g/mol. The Kier molecular flexibility index (Phi) is 3.59. The second-order valence-electron chi connectivity index (χ2n) is 5.27. The molecule has 1 aliphatic carbocycles. The first-order chi connectivity index (χ1) is 10.0. The van der Waals surface area contributed by atoms with E-state index in [9.17, 15) is 9.59 Å². The molecular formula is C14H16N4O2S. The fraction of sp³-hybridized carbons (Fsp3) is 0.429. The lowest BCUT2D eigenvalue weighted by Gasteiger charge is -2.13. The Balaban J connectivity index is 1.80. The number of thiazole rings is 1. The zero-order valence-corrected chi connectivity index (χ0v) is 12.7. The number of aryl methyl sites for hydroxylation is 1. The van der Waals surface area contributed by atoms with Crippen LogP contribution in [0.5, 0.6) is 0 Å². The number of amides is 1. The molecule has 3 rings (SSSR count). The molecule has 2 aromatic rings. The second-order valence-corrected chi connectivity index (χ2v) is 6.13. The summed E-state index contributed by atoms with van der Waals surface area (Å²) in [5.74, 6) is 0.153. The van der Waals surface area contributed by atoms with Crippen molar-refractivity contribution >= 4 is 22.4 Å². The van der Waals surface area contributed by atoms with Gasteiger partial charge in [0.05, 0.1) is 11.4 Å². The van der Waals surface area contributed by atoms with Gasteiger partial charge in [0.15, 0.2) is 5.13 Å². The van der Waals surface area contributed by atoms with Gasteiger partial charge in [0.25, 0.3) is 11.5 Å². The molecule has 0 spiro atoms. The summed E-state index contributed by atoms with van der Waals surface area (Å²) in [6, 6.07) is 2.57.